The van der Waals surface area contributed by atoms with Crippen LogP contribution in [0.1, 0.15) is 29.8 Å². The average Bonchev–Trinajstić information content (AvgIpc) is 2.97. The summed E-state index contributed by atoms with van der Waals surface area (Å²) in [4.78, 5) is 13.5. The van der Waals surface area contributed by atoms with Crippen molar-refractivity contribution in [2.45, 2.75) is 33.2 Å². The van der Waals surface area contributed by atoms with Crippen LogP contribution in [0.3, 0.4) is 0 Å². The summed E-state index contributed by atoms with van der Waals surface area (Å²) in [5, 5.41) is 7.49. The van der Waals surface area contributed by atoms with Crippen molar-refractivity contribution in [1.82, 2.24) is 15.1 Å². The van der Waals surface area contributed by atoms with E-state index < -0.39 is 0 Å². The summed E-state index contributed by atoms with van der Waals surface area (Å²) in [5.41, 5.74) is 4.93. The second kappa shape index (κ2) is 8.81. The van der Waals surface area contributed by atoms with Crippen LogP contribution in [-0.2, 0) is 11.3 Å². The third-order valence-corrected chi connectivity index (χ3v) is 4.91. The Morgan fingerprint density at radius 1 is 1.27 bits per heavy atom. The number of nitrogens with one attached hydrogen (secondary N) is 2. The van der Waals surface area contributed by atoms with Crippen molar-refractivity contribution in [3.05, 3.63) is 59.4 Å². The molecule has 5 heteroatoms. The molecule has 1 aromatic heterocycles. The molecule has 1 aromatic carbocycles. The van der Waals surface area contributed by atoms with Crippen molar-refractivity contribution < 1.29 is 9.69 Å². The van der Waals surface area contributed by atoms with Crippen molar-refractivity contribution in [1.29, 1.82) is 0 Å². The second-order valence-corrected chi connectivity index (χ2v) is 7.08. The molecule has 2 heterocycles. The van der Waals surface area contributed by atoms with Gasteiger partial charge in [-0.05, 0) is 43.5 Å². The Morgan fingerprint density at radius 2 is 2.08 bits per heavy atom. The SMILES string of the molecule is Cc1cc(C)n(CCCNC(=O)C[NH+]2CC=C(c3ccccc3)CC2)n1. The molecule has 1 atom stereocenters. The third-order valence-electron chi connectivity index (χ3n) is 4.91. The minimum absolute atomic E-state index is 0.143. The Kier molecular flexibility index (Phi) is 6.23. The largest absolute Gasteiger partial charge is 0.351 e. The van der Waals surface area contributed by atoms with Gasteiger partial charge in [0.15, 0.2) is 6.54 Å². The zero-order valence-corrected chi connectivity index (χ0v) is 15.8. The van der Waals surface area contributed by atoms with Crippen LogP contribution >= 0.6 is 0 Å². The second-order valence-electron chi connectivity index (χ2n) is 7.08. The number of benzene rings is 1. The van der Waals surface area contributed by atoms with Gasteiger partial charge in [0.25, 0.3) is 5.91 Å². The molecule has 0 radical (unpaired) electrons. The van der Waals surface area contributed by atoms with Gasteiger partial charge in [0.05, 0.1) is 18.8 Å². The van der Waals surface area contributed by atoms with Crippen LogP contribution in [0.5, 0.6) is 0 Å². The van der Waals surface area contributed by atoms with Crippen molar-refractivity contribution >= 4 is 11.5 Å². The third kappa shape index (κ3) is 5.05. The van der Waals surface area contributed by atoms with Crippen LogP contribution in [0.15, 0.2) is 42.5 Å². The quantitative estimate of drug-likeness (QED) is 0.739. The maximum absolute atomic E-state index is 12.2. The molecule has 5 nitrogen and oxygen atoms in total. The predicted octanol–water partition coefficient (Wildman–Crippen LogP) is 1.38. The van der Waals surface area contributed by atoms with Gasteiger partial charge in [-0.25, -0.2) is 0 Å². The molecule has 0 aliphatic carbocycles. The summed E-state index contributed by atoms with van der Waals surface area (Å²) >= 11 is 0. The number of hydrogen-bond acceptors (Lipinski definition) is 2. The van der Waals surface area contributed by atoms with E-state index >= 15 is 0 Å². The number of amides is 1. The van der Waals surface area contributed by atoms with Crippen molar-refractivity contribution in [3.8, 4) is 0 Å². The normalized spacial score (nSPS) is 17.0. The number of aromatic nitrogens is 2. The van der Waals surface area contributed by atoms with E-state index in [1.165, 1.54) is 21.7 Å². The molecule has 1 amide bonds. The predicted molar refractivity (Wildman–Crippen MR) is 104 cm³/mol. The molecule has 26 heavy (non-hydrogen) atoms. The van der Waals surface area contributed by atoms with Crippen LogP contribution in [0.2, 0.25) is 0 Å². The van der Waals surface area contributed by atoms with Gasteiger partial charge >= 0.3 is 0 Å². The smallest absolute Gasteiger partial charge is 0.275 e. The molecule has 2 aromatic rings. The number of nitrogens with zero attached hydrogens (tertiary/aromatic N) is 2. The molecule has 2 N–H and O–H groups in total. The first-order chi connectivity index (χ1) is 12.6. The van der Waals surface area contributed by atoms with E-state index in [4.69, 9.17) is 0 Å². The first-order valence-corrected chi connectivity index (χ1v) is 9.47. The molecule has 0 saturated carbocycles. The molecule has 1 aliphatic heterocycles. The van der Waals surface area contributed by atoms with Crippen LogP contribution in [-0.4, -0.2) is 41.9 Å². The van der Waals surface area contributed by atoms with E-state index in [0.29, 0.717) is 13.1 Å². The summed E-state index contributed by atoms with van der Waals surface area (Å²) in [7, 11) is 0. The van der Waals surface area contributed by atoms with E-state index in [9.17, 15) is 4.79 Å². The molecule has 138 valence electrons. The number of aryl methyl sites for hydroxylation is 3. The lowest BCUT2D eigenvalue weighted by Gasteiger charge is -2.23. The van der Waals surface area contributed by atoms with E-state index in [-0.39, 0.29) is 5.91 Å². The molecule has 1 aliphatic rings. The van der Waals surface area contributed by atoms with Crippen LogP contribution in [0, 0.1) is 13.8 Å². The van der Waals surface area contributed by atoms with Crippen molar-refractivity contribution in [2.75, 3.05) is 26.2 Å². The monoisotopic (exact) mass is 353 g/mol. The van der Waals surface area contributed by atoms with Crippen molar-refractivity contribution in [2.24, 2.45) is 0 Å². The fraction of sp³-hybridized carbons (Fsp3) is 0.429. The molecule has 3 rings (SSSR count). The maximum atomic E-state index is 12.2. The molecule has 0 saturated heterocycles. The minimum atomic E-state index is 0.143. The van der Waals surface area contributed by atoms with Gasteiger partial charge in [-0.1, -0.05) is 30.3 Å². The van der Waals surface area contributed by atoms with Gasteiger partial charge in [0.1, 0.15) is 0 Å². The Labute approximate surface area is 155 Å². The Bertz CT molecular complexity index is 764. The first kappa shape index (κ1) is 18.4. The lowest BCUT2D eigenvalue weighted by molar-refractivity contribution is -0.886. The summed E-state index contributed by atoms with van der Waals surface area (Å²) in [6, 6.07) is 12.6. The molecule has 0 fully saturated rings. The van der Waals surface area contributed by atoms with Gasteiger partial charge in [-0.15, -0.1) is 0 Å². The molecule has 0 bridgehead atoms. The molecule has 0 spiro atoms. The highest BCUT2D eigenvalue weighted by molar-refractivity contribution is 5.76. The van der Waals surface area contributed by atoms with Crippen LogP contribution in [0.4, 0.5) is 0 Å². The lowest BCUT2D eigenvalue weighted by Crippen LogP contribution is -3.13. The Morgan fingerprint density at radius 3 is 2.73 bits per heavy atom. The minimum Gasteiger partial charge on any atom is -0.351 e. The summed E-state index contributed by atoms with van der Waals surface area (Å²) in [6.07, 6.45) is 4.22. The fourth-order valence-electron chi connectivity index (χ4n) is 3.51. The Hall–Kier alpha value is -2.40. The topological polar surface area (TPSA) is 51.4 Å². The maximum Gasteiger partial charge on any atom is 0.275 e. The molecular weight excluding hydrogens is 324 g/mol. The van der Waals surface area contributed by atoms with Crippen molar-refractivity contribution in [3.63, 3.8) is 0 Å². The molecule has 1 unspecified atom stereocenters. The highest BCUT2D eigenvalue weighted by atomic mass is 16.2. The number of carbonyl (C=O) groups is 1. The highest BCUT2D eigenvalue weighted by Crippen LogP contribution is 2.17. The molecular formula is C21H29N4O+. The average molecular weight is 353 g/mol. The highest BCUT2D eigenvalue weighted by Gasteiger charge is 2.18. The van der Waals surface area contributed by atoms with Gasteiger partial charge in [-0.2, -0.15) is 5.10 Å². The van der Waals surface area contributed by atoms with Gasteiger partial charge in [0.2, 0.25) is 0 Å². The van der Waals surface area contributed by atoms with E-state index in [1.807, 2.05) is 17.7 Å². The van der Waals surface area contributed by atoms with E-state index in [0.717, 1.165) is 38.2 Å². The summed E-state index contributed by atoms with van der Waals surface area (Å²) < 4.78 is 2.01. The number of rotatable bonds is 7. The van der Waals surface area contributed by atoms with Gasteiger partial charge in [0, 0.05) is 25.2 Å². The van der Waals surface area contributed by atoms with Gasteiger partial charge in [-0.3, -0.25) is 9.48 Å². The number of hydrogen-bond donors (Lipinski definition) is 2. The van der Waals surface area contributed by atoms with Crippen LogP contribution < -0.4 is 10.2 Å². The van der Waals surface area contributed by atoms with E-state index in [2.05, 4.69) is 53.7 Å². The van der Waals surface area contributed by atoms with E-state index in [1.54, 1.807) is 0 Å². The summed E-state index contributed by atoms with van der Waals surface area (Å²) in [6.45, 7) is 8.11. The zero-order valence-electron chi connectivity index (χ0n) is 15.8. The standard InChI is InChI=1S/C21H28N4O/c1-17-15-18(2)25(23-17)12-6-11-22-21(26)16-24-13-9-20(10-14-24)19-7-4-3-5-8-19/h3-5,7-9,15H,6,10-14,16H2,1-2H3,(H,22,26)/p+1. The summed E-state index contributed by atoms with van der Waals surface area (Å²) in [5.74, 6) is 0.143. The fourth-order valence-corrected chi connectivity index (χ4v) is 3.51. The number of carbonyl (C=O) groups excluding carboxylic acids is 1. The Balaban J connectivity index is 1.36. The number of quaternary nitrogens is 1. The first-order valence-electron chi connectivity index (χ1n) is 9.47. The zero-order chi connectivity index (χ0) is 18.4. The van der Waals surface area contributed by atoms with Gasteiger partial charge < -0.3 is 10.2 Å². The lowest BCUT2D eigenvalue weighted by atomic mass is 10.00. The van der Waals surface area contributed by atoms with Crippen LogP contribution in [0.25, 0.3) is 5.57 Å².